The van der Waals surface area contributed by atoms with Crippen LogP contribution in [0.15, 0.2) is 48.5 Å². The second kappa shape index (κ2) is 9.38. The van der Waals surface area contributed by atoms with Crippen molar-refractivity contribution in [1.29, 1.82) is 0 Å². The van der Waals surface area contributed by atoms with Gasteiger partial charge in [-0.2, -0.15) is 13.2 Å². The van der Waals surface area contributed by atoms with Crippen LogP contribution in [0.5, 0.6) is 0 Å². The van der Waals surface area contributed by atoms with Crippen molar-refractivity contribution in [2.45, 2.75) is 19.1 Å². The first-order chi connectivity index (χ1) is 16.2. The topological polar surface area (TPSA) is 77.7 Å². The largest absolute Gasteiger partial charge is 0.464 e. The number of hydrogen-bond acceptors (Lipinski definition) is 5. The number of carbonyl (C=O) groups excluding carboxylic acids is 2. The van der Waals surface area contributed by atoms with Crippen LogP contribution in [0.2, 0.25) is 0 Å². The maximum atomic E-state index is 13.1. The van der Waals surface area contributed by atoms with Crippen molar-refractivity contribution in [3.63, 3.8) is 0 Å². The number of aromatic amines is 1. The number of esters is 1. The van der Waals surface area contributed by atoms with Gasteiger partial charge in [-0.1, -0.05) is 24.3 Å². The van der Waals surface area contributed by atoms with Gasteiger partial charge in [-0.25, -0.2) is 4.79 Å². The van der Waals surface area contributed by atoms with Crippen LogP contribution in [0, 0.1) is 0 Å². The van der Waals surface area contributed by atoms with Crippen LogP contribution < -0.4 is 10.2 Å². The van der Waals surface area contributed by atoms with Gasteiger partial charge in [0.2, 0.25) is 5.91 Å². The fourth-order valence-corrected chi connectivity index (χ4v) is 4.17. The lowest BCUT2D eigenvalue weighted by atomic mass is 10.1. The summed E-state index contributed by atoms with van der Waals surface area (Å²) in [7, 11) is 1.27. The first-order valence-electron chi connectivity index (χ1n) is 10.8. The van der Waals surface area contributed by atoms with Gasteiger partial charge in [0.05, 0.1) is 24.4 Å². The Bertz CT molecular complexity index is 1200. The Morgan fingerprint density at radius 2 is 1.76 bits per heavy atom. The fraction of sp³-hybridized carbons (Fsp3) is 0.333. The summed E-state index contributed by atoms with van der Waals surface area (Å²) in [5.41, 5.74) is 1.05. The molecule has 0 radical (unpaired) electrons. The molecule has 0 spiro atoms. The summed E-state index contributed by atoms with van der Waals surface area (Å²) in [5, 5.41) is 3.55. The van der Waals surface area contributed by atoms with E-state index in [-0.39, 0.29) is 11.6 Å². The van der Waals surface area contributed by atoms with E-state index in [9.17, 15) is 22.8 Å². The number of piperazine rings is 1. The zero-order valence-corrected chi connectivity index (χ0v) is 18.8. The molecule has 1 fully saturated rings. The number of nitrogens with one attached hydrogen (secondary N) is 2. The second-order valence-electron chi connectivity index (χ2n) is 8.15. The second-order valence-corrected chi connectivity index (χ2v) is 8.15. The number of fused-ring (bicyclic) bond motifs is 1. The van der Waals surface area contributed by atoms with E-state index < -0.39 is 23.8 Å². The number of alkyl halides is 3. The Hall–Kier alpha value is -3.53. The van der Waals surface area contributed by atoms with Crippen LogP contribution in [-0.2, 0) is 15.7 Å². The van der Waals surface area contributed by atoms with E-state index in [1.165, 1.54) is 13.2 Å². The molecule has 1 amide bonds. The molecular weight excluding hydrogens is 449 g/mol. The molecule has 0 aliphatic carbocycles. The van der Waals surface area contributed by atoms with Crippen molar-refractivity contribution < 1.29 is 27.5 Å². The molecule has 2 N–H and O–H groups in total. The van der Waals surface area contributed by atoms with Gasteiger partial charge in [0, 0.05) is 42.8 Å². The SMILES string of the molecule is COC(=O)c1[nH]c2ccccc2c1NC(=O)C(C)N1CCN(c2cccc(C(F)(F)F)c2)CC1. The van der Waals surface area contributed by atoms with Crippen LogP contribution in [0.4, 0.5) is 24.5 Å². The van der Waals surface area contributed by atoms with Crippen molar-refractivity contribution >= 4 is 34.2 Å². The number of para-hydroxylation sites is 1. The molecule has 2 aromatic carbocycles. The van der Waals surface area contributed by atoms with Crippen LogP contribution in [0.1, 0.15) is 23.0 Å². The first kappa shape index (κ1) is 23.6. The number of anilines is 2. The molecule has 3 aromatic rings. The summed E-state index contributed by atoms with van der Waals surface area (Å²) in [4.78, 5) is 32.1. The van der Waals surface area contributed by atoms with Gasteiger partial charge in [0.25, 0.3) is 0 Å². The Morgan fingerprint density at radius 3 is 2.44 bits per heavy atom. The van der Waals surface area contributed by atoms with Crippen LogP contribution in [0.25, 0.3) is 10.9 Å². The number of amides is 1. The molecule has 1 atom stereocenters. The summed E-state index contributed by atoms with van der Waals surface area (Å²) in [5.74, 6) is -0.878. The number of methoxy groups -OCH3 is 1. The molecule has 1 aliphatic heterocycles. The minimum Gasteiger partial charge on any atom is -0.464 e. The normalized spacial score (nSPS) is 15.9. The van der Waals surface area contributed by atoms with Gasteiger partial charge in [-0.05, 0) is 31.2 Å². The molecule has 180 valence electrons. The number of aromatic nitrogens is 1. The number of nitrogens with zero attached hydrogens (tertiary/aromatic N) is 2. The average molecular weight is 474 g/mol. The molecular formula is C24H25F3N4O3. The summed E-state index contributed by atoms with van der Waals surface area (Å²) >= 11 is 0. The van der Waals surface area contributed by atoms with Gasteiger partial charge in [0.15, 0.2) is 0 Å². The van der Waals surface area contributed by atoms with Crippen LogP contribution >= 0.6 is 0 Å². The highest BCUT2D eigenvalue weighted by Gasteiger charge is 2.32. The third-order valence-electron chi connectivity index (χ3n) is 6.12. The van der Waals surface area contributed by atoms with E-state index in [4.69, 9.17) is 4.74 Å². The summed E-state index contributed by atoms with van der Waals surface area (Å²) in [6, 6.07) is 12.0. The number of benzene rings is 2. The molecule has 1 unspecified atom stereocenters. The Labute approximate surface area is 194 Å². The van der Waals surface area contributed by atoms with Crippen LogP contribution in [-0.4, -0.2) is 61.1 Å². The van der Waals surface area contributed by atoms with Gasteiger partial charge >= 0.3 is 12.1 Å². The number of H-pyrrole nitrogens is 1. The van der Waals surface area contributed by atoms with Gasteiger partial charge < -0.3 is 19.9 Å². The number of rotatable bonds is 5. The highest BCUT2D eigenvalue weighted by atomic mass is 19.4. The number of carbonyl (C=O) groups is 2. The highest BCUT2D eigenvalue weighted by Crippen LogP contribution is 2.32. The third-order valence-corrected chi connectivity index (χ3v) is 6.12. The minimum absolute atomic E-state index is 0.165. The Morgan fingerprint density at radius 1 is 1.06 bits per heavy atom. The minimum atomic E-state index is -4.39. The van der Waals surface area contributed by atoms with Crippen molar-refractivity contribution in [3.05, 3.63) is 59.8 Å². The molecule has 2 heterocycles. The van der Waals surface area contributed by atoms with Crippen molar-refractivity contribution in [1.82, 2.24) is 9.88 Å². The van der Waals surface area contributed by atoms with E-state index >= 15 is 0 Å². The van der Waals surface area contributed by atoms with E-state index in [2.05, 4.69) is 10.3 Å². The van der Waals surface area contributed by atoms with E-state index in [0.717, 1.165) is 12.1 Å². The summed E-state index contributed by atoms with van der Waals surface area (Å²) in [6.45, 7) is 3.74. The zero-order valence-electron chi connectivity index (χ0n) is 18.8. The lowest BCUT2D eigenvalue weighted by Gasteiger charge is -2.38. The Balaban J connectivity index is 1.44. The van der Waals surface area contributed by atoms with E-state index in [0.29, 0.717) is 48.5 Å². The quantitative estimate of drug-likeness (QED) is 0.544. The Kier molecular flexibility index (Phi) is 6.52. The molecule has 4 rings (SSSR count). The maximum absolute atomic E-state index is 13.1. The van der Waals surface area contributed by atoms with E-state index in [1.807, 2.05) is 21.9 Å². The molecule has 7 nitrogen and oxygen atoms in total. The molecule has 1 aliphatic rings. The molecule has 34 heavy (non-hydrogen) atoms. The van der Waals surface area contributed by atoms with E-state index in [1.54, 1.807) is 25.1 Å². The number of halogens is 3. The van der Waals surface area contributed by atoms with Crippen molar-refractivity contribution in [2.75, 3.05) is 43.5 Å². The fourth-order valence-electron chi connectivity index (χ4n) is 4.17. The van der Waals surface area contributed by atoms with Gasteiger partial charge in [-0.15, -0.1) is 0 Å². The zero-order chi connectivity index (χ0) is 24.5. The van der Waals surface area contributed by atoms with Gasteiger partial charge in [-0.3, -0.25) is 9.69 Å². The lowest BCUT2D eigenvalue weighted by molar-refractivity contribution is -0.137. The van der Waals surface area contributed by atoms with Crippen molar-refractivity contribution in [3.8, 4) is 0 Å². The number of hydrogen-bond donors (Lipinski definition) is 2. The van der Waals surface area contributed by atoms with Gasteiger partial charge in [0.1, 0.15) is 5.69 Å². The third kappa shape index (κ3) is 4.72. The molecule has 1 aromatic heterocycles. The summed E-state index contributed by atoms with van der Waals surface area (Å²) < 4.78 is 44.0. The molecule has 1 saturated heterocycles. The molecule has 0 bridgehead atoms. The highest BCUT2D eigenvalue weighted by molar-refractivity contribution is 6.11. The first-order valence-corrected chi connectivity index (χ1v) is 10.8. The predicted molar refractivity (Wildman–Crippen MR) is 123 cm³/mol. The van der Waals surface area contributed by atoms with Crippen LogP contribution in [0.3, 0.4) is 0 Å². The predicted octanol–water partition coefficient (Wildman–Crippen LogP) is 4.12. The molecule has 0 saturated carbocycles. The standard InChI is InChI=1S/C24H25F3N4O3/c1-15(22(32)29-20-18-8-3-4-9-19(18)28-21(20)23(33)34-2)30-10-12-31(13-11-30)17-7-5-6-16(14-17)24(25,26)27/h3-9,14-15,28H,10-13H2,1-2H3,(H,29,32). The molecule has 10 heteroatoms. The summed E-state index contributed by atoms with van der Waals surface area (Å²) in [6.07, 6.45) is -4.39. The number of ether oxygens (including phenoxy) is 1. The average Bonchev–Trinajstić information content (AvgIpc) is 3.21. The van der Waals surface area contributed by atoms with Crippen molar-refractivity contribution in [2.24, 2.45) is 0 Å². The smallest absolute Gasteiger partial charge is 0.416 e. The maximum Gasteiger partial charge on any atom is 0.416 e. The monoisotopic (exact) mass is 474 g/mol. The lowest BCUT2D eigenvalue weighted by Crippen LogP contribution is -2.52.